The van der Waals surface area contributed by atoms with Crippen molar-refractivity contribution in [3.05, 3.63) is 34.9 Å². The Bertz CT molecular complexity index is 687. The van der Waals surface area contributed by atoms with Crippen LogP contribution in [0, 0.1) is 16.7 Å². The predicted octanol–water partition coefficient (Wildman–Crippen LogP) is 4.05. The number of piperazine rings is 1. The lowest BCUT2D eigenvalue weighted by molar-refractivity contribution is -0.0807. The minimum atomic E-state index is -0.399. The Morgan fingerprint density at radius 1 is 1.10 bits per heavy atom. The number of β-amino-alcohol motifs (C(OH)–C–C–N with tert-alkyl or cyclic N) is 1. The lowest BCUT2D eigenvalue weighted by Gasteiger charge is -2.39. The van der Waals surface area contributed by atoms with Crippen LogP contribution < -0.4 is 0 Å². The van der Waals surface area contributed by atoms with E-state index in [0.29, 0.717) is 24.7 Å². The van der Waals surface area contributed by atoms with E-state index in [4.69, 9.17) is 16.3 Å². The first-order valence-corrected chi connectivity index (χ1v) is 11.6. The molecule has 0 radical (unpaired) electrons. The molecule has 4 nitrogen and oxygen atoms in total. The number of hydrogen-bond donors (Lipinski definition) is 1. The summed E-state index contributed by atoms with van der Waals surface area (Å²) in [5.74, 6) is 0.781. The molecule has 29 heavy (non-hydrogen) atoms. The first-order chi connectivity index (χ1) is 13.8. The van der Waals surface area contributed by atoms with Gasteiger partial charge in [-0.2, -0.15) is 0 Å². The smallest absolute Gasteiger partial charge is 0.0900 e. The number of aliphatic hydroxyl groups excluding tert-OH is 1. The van der Waals surface area contributed by atoms with Crippen LogP contribution in [-0.4, -0.2) is 66.4 Å². The van der Waals surface area contributed by atoms with Gasteiger partial charge in [-0.25, -0.2) is 0 Å². The Labute approximate surface area is 181 Å². The van der Waals surface area contributed by atoms with Crippen molar-refractivity contribution < 1.29 is 9.84 Å². The summed E-state index contributed by atoms with van der Waals surface area (Å²) in [5, 5.41) is 11.4. The van der Waals surface area contributed by atoms with Gasteiger partial charge in [-0.15, -0.1) is 0 Å². The minimum Gasteiger partial charge on any atom is -0.389 e. The maximum Gasteiger partial charge on any atom is 0.0900 e. The fourth-order valence-electron chi connectivity index (χ4n) is 5.94. The monoisotopic (exact) mass is 420 g/mol. The normalized spacial score (nSPS) is 33.3. The van der Waals surface area contributed by atoms with E-state index < -0.39 is 6.10 Å². The lowest BCUT2D eigenvalue weighted by Crippen LogP contribution is -2.49. The highest BCUT2D eigenvalue weighted by atomic mass is 35.5. The van der Waals surface area contributed by atoms with Gasteiger partial charge in [0, 0.05) is 44.3 Å². The van der Waals surface area contributed by atoms with Gasteiger partial charge in [0.2, 0.25) is 0 Å². The molecule has 2 aliphatic carbocycles. The SMILES string of the molecule is CC1(C)[C@@H]2CC[C@@]1(C)[C@H](OC[C@H](O)CN1CCN(Cc3ccc(Cl)cc3)CC1)C2. The topological polar surface area (TPSA) is 35.9 Å². The Kier molecular flexibility index (Phi) is 6.30. The number of hydrogen-bond acceptors (Lipinski definition) is 4. The van der Waals surface area contributed by atoms with Gasteiger partial charge in [-0.05, 0) is 53.7 Å². The molecule has 0 unspecified atom stereocenters. The molecule has 1 aromatic carbocycles. The van der Waals surface area contributed by atoms with E-state index in [1.54, 1.807) is 0 Å². The molecule has 3 fully saturated rings. The number of ether oxygens (including phenoxy) is 1. The highest BCUT2D eigenvalue weighted by molar-refractivity contribution is 6.30. The second-order valence-electron chi connectivity index (χ2n) is 10.3. The molecule has 1 aliphatic heterocycles. The third-order valence-corrected chi connectivity index (χ3v) is 8.71. The molecular weight excluding hydrogens is 384 g/mol. The van der Waals surface area contributed by atoms with Gasteiger partial charge >= 0.3 is 0 Å². The first-order valence-electron chi connectivity index (χ1n) is 11.3. The van der Waals surface area contributed by atoms with Gasteiger partial charge in [-0.1, -0.05) is 44.5 Å². The summed E-state index contributed by atoms with van der Waals surface area (Å²) in [5.41, 5.74) is 1.94. The average molecular weight is 421 g/mol. The van der Waals surface area contributed by atoms with Crippen LogP contribution in [0.4, 0.5) is 0 Å². The molecule has 5 heteroatoms. The van der Waals surface area contributed by atoms with Gasteiger partial charge in [0.1, 0.15) is 0 Å². The molecule has 162 valence electrons. The molecule has 1 heterocycles. The summed E-state index contributed by atoms with van der Waals surface area (Å²) in [6, 6.07) is 8.13. The van der Waals surface area contributed by atoms with Crippen molar-refractivity contribution >= 4 is 11.6 Å². The molecule has 4 rings (SSSR count). The molecule has 2 bridgehead atoms. The number of nitrogens with zero attached hydrogens (tertiary/aromatic N) is 2. The molecule has 1 saturated heterocycles. The van der Waals surface area contributed by atoms with Gasteiger partial charge in [0.15, 0.2) is 0 Å². The van der Waals surface area contributed by atoms with Crippen LogP contribution in [0.5, 0.6) is 0 Å². The summed E-state index contributed by atoms with van der Waals surface area (Å²) < 4.78 is 6.29. The highest BCUT2D eigenvalue weighted by Crippen LogP contribution is 2.66. The Morgan fingerprint density at radius 2 is 1.76 bits per heavy atom. The molecule has 4 atom stereocenters. The fraction of sp³-hybridized carbons (Fsp3) is 0.750. The molecule has 0 spiro atoms. The first kappa shape index (κ1) is 21.6. The van der Waals surface area contributed by atoms with E-state index in [1.165, 1.54) is 24.8 Å². The van der Waals surface area contributed by atoms with E-state index in [0.717, 1.165) is 43.7 Å². The van der Waals surface area contributed by atoms with Crippen molar-refractivity contribution in [2.45, 2.75) is 58.8 Å². The van der Waals surface area contributed by atoms with Crippen LogP contribution in [0.3, 0.4) is 0 Å². The van der Waals surface area contributed by atoms with Crippen molar-refractivity contribution in [2.75, 3.05) is 39.3 Å². The summed E-state index contributed by atoms with van der Waals surface area (Å²) in [7, 11) is 0. The maximum absolute atomic E-state index is 10.6. The van der Waals surface area contributed by atoms with Gasteiger partial charge < -0.3 is 9.84 Å². The van der Waals surface area contributed by atoms with Crippen LogP contribution in [-0.2, 0) is 11.3 Å². The predicted molar refractivity (Wildman–Crippen MR) is 118 cm³/mol. The Balaban J connectivity index is 1.18. The van der Waals surface area contributed by atoms with Crippen molar-refractivity contribution in [1.82, 2.24) is 9.80 Å². The second-order valence-corrected chi connectivity index (χ2v) is 10.7. The van der Waals surface area contributed by atoms with Gasteiger partial charge in [0.25, 0.3) is 0 Å². The zero-order valence-electron chi connectivity index (χ0n) is 18.2. The lowest BCUT2D eigenvalue weighted by atomic mass is 9.70. The van der Waals surface area contributed by atoms with Crippen molar-refractivity contribution in [3.63, 3.8) is 0 Å². The zero-order chi connectivity index (χ0) is 20.6. The summed E-state index contributed by atoms with van der Waals surface area (Å²) >= 11 is 5.97. The van der Waals surface area contributed by atoms with Crippen LogP contribution in [0.2, 0.25) is 5.02 Å². The van der Waals surface area contributed by atoms with Crippen LogP contribution in [0.15, 0.2) is 24.3 Å². The summed E-state index contributed by atoms with van der Waals surface area (Å²) in [4.78, 5) is 4.85. The van der Waals surface area contributed by atoms with E-state index >= 15 is 0 Å². The third-order valence-electron chi connectivity index (χ3n) is 8.46. The van der Waals surface area contributed by atoms with Crippen molar-refractivity contribution in [2.24, 2.45) is 16.7 Å². The Hall–Kier alpha value is -0.650. The average Bonchev–Trinajstić information content (AvgIpc) is 3.03. The van der Waals surface area contributed by atoms with Crippen molar-refractivity contribution in [1.29, 1.82) is 0 Å². The van der Waals surface area contributed by atoms with E-state index in [1.807, 2.05) is 12.1 Å². The fourth-order valence-corrected chi connectivity index (χ4v) is 6.06. The summed E-state index contributed by atoms with van der Waals surface area (Å²) in [6.45, 7) is 13.4. The number of aliphatic hydroxyl groups is 1. The van der Waals surface area contributed by atoms with E-state index in [9.17, 15) is 5.11 Å². The second kappa shape index (κ2) is 8.47. The van der Waals surface area contributed by atoms with Crippen LogP contribution in [0.1, 0.15) is 45.6 Å². The largest absolute Gasteiger partial charge is 0.389 e. The maximum atomic E-state index is 10.6. The highest BCUT2D eigenvalue weighted by Gasteiger charge is 2.61. The molecule has 0 amide bonds. The molecule has 1 aromatic rings. The van der Waals surface area contributed by atoms with E-state index in [2.05, 4.69) is 42.7 Å². The van der Waals surface area contributed by atoms with Gasteiger partial charge in [0.05, 0.1) is 18.8 Å². The minimum absolute atomic E-state index is 0.269. The molecular formula is C24H37ClN2O2. The van der Waals surface area contributed by atoms with Crippen LogP contribution in [0.25, 0.3) is 0 Å². The molecule has 3 aliphatic rings. The number of fused-ring (bicyclic) bond motifs is 2. The van der Waals surface area contributed by atoms with Gasteiger partial charge in [-0.3, -0.25) is 9.80 Å². The number of rotatable bonds is 7. The number of halogens is 1. The molecule has 1 N–H and O–H groups in total. The quantitative estimate of drug-likeness (QED) is 0.721. The molecule has 2 saturated carbocycles. The number of benzene rings is 1. The standard InChI is InChI=1S/C24H37ClN2O2/c1-23(2)19-8-9-24(23,3)22(14-19)29-17-21(28)16-27-12-10-26(11-13-27)15-18-4-6-20(25)7-5-18/h4-7,19,21-22,28H,8-17H2,1-3H3/t19-,21-,22-,24+/m1/s1. The third kappa shape index (κ3) is 4.38. The van der Waals surface area contributed by atoms with Crippen LogP contribution >= 0.6 is 11.6 Å². The summed E-state index contributed by atoms with van der Waals surface area (Å²) in [6.07, 6.45) is 3.68. The Morgan fingerprint density at radius 3 is 2.34 bits per heavy atom. The molecule has 0 aromatic heterocycles. The van der Waals surface area contributed by atoms with Crippen molar-refractivity contribution in [3.8, 4) is 0 Å². The van der Waals surface area contributed by atoms with E-state index in [-0.39, 0.29) is 5.41 Å². The zero-order valence-corrected chi connectivity index (χ0v) is 19.0.